The highest BCUT2D eigenvalue weighted by Gasteiger charge is 2.23. The van der Waals surface area contributed by atoms with E-state index >= 15 is 0 Å². The van der Waals surface area contributed by atoms with E-state index in [1.165, 1.54) is 0 Å². The van der Waals surface area contributed by atoms with Crippen molar-refractivity contribution in [2.24, 2.45) is 11.8 Å². The first-order valence-electron chi connectivity index (χ1n) is 5.78. The molecule has 0 aromatic rings. The number of hydrogen-bond donors (Lipinski definition) is 3. The van der Waals surface area contributed by atoms with Gasteiger partial charge in [0.1, 0.15) is 0 Å². The fourth-order valence-corrected chi connectivity index (χ4v) is 1.60. The van der Waals surface area contributed by atoms with Crippen molar-refractivity contribution in [3.8, 4) is 0 Å². The normalized spacial score (nSPS) is 17.7. The monoisotopic (exact) mass is 228 g/mol. The highest BCUT2D eigenvalue weighted by molar-refractivity contribution is 5.76. The summed E-state index contributed by atoms with van der Waals surface area (Å²) in [7, 11) is 0. The summed E-state index contributed by atoms with van der Waals surface area (Å²) in [6.07, 6.45) is 3.22. The fraction of sp³-hybridized carbons (Fsp3) is 0.818. The molecule has 1 fully saturated rings. The predicted molar refractivity (Wildman–Crippen MR) is 60.1 cm³/mol. The highest BCUT2D eigenvalue weighted by atomic mass is 16.4. The van der Waals surface area contributed by atoms with Crippen LogP contribution in [0.2, 0.25) is 0 Å². The van der Waals surface area contributed by atoms with E-state index < -0.39 is 11.9 Å². The average Bonchev–Trinajstić information content (AvgIpc) is 2.10. The van der Waals surface area contributed by atoms with Crippen molar-refractivity contribution < 1.29 is 14.7 Å². The molecule has 0 heterocycles. The summed E-state index contributed by atoms with van der Waals surface area (Å²) >= 11 is 0. The van der Waals surface area contributed by atoms with E-state index in [9.17, 15) is 9.59 Å². The van der Waals surface area contributed by atoms with Crippen LogP contribution in [0.3, 0.4) is 0 Å². The van der Waals surface area contributed by atoms with Gasteiger partial charge in [0.25, 0.3) is 0 Å². The van der Waals surface area contributed by atoms with Gasteiger partial charge in [-0.1, -0.05) is 13.8 Å². The number of hydrogen-bond acceptors (Lipinski definition) is 2. The molecule has 0 radical (unpaired) electrons. The molecule has 1 rings (SSSR count). The summed E-state index contributed by atoms with van der Waals surface area (Å²) in [4.78, 5) is 22.3. The highest BCUT2D eigenvalue weighted by Crippen LogP contribution is 2.17. The zero-order valence-corrected chi connectivity index (χ0v) is 9.82. The maximum atomic E-state index is 11.4. The van der Waals surface area contributed by atoms with Crippen LogP contribution in [0.1, 0.15) is 33.1 Å². The molecule has 92 valence electrons. The molecule has 0 aromatic heterocycles. The molecule has 1 atom stereocenters. The van der Waals surface area contributed by atoms with Gasteiger partial charge in [-0.05, 0) is 25.2 Å². The van der Waals surface area contributed by atoms with Gasteiger partial charge in [-0.2, -0.15) is 0 Å². The fourth-order valence-electron chi connectivity index (χ4n) is 1.60. The smallest absolute Gasteiger partial charge is 0.315 e. The second-order valence-corrected chi connectivity index (χ2v) is 4.67. The molecule has 0 aliphatic heterocycles. The molecule has 2 amide bonds. The van der Waals surface area contributed by atoms with Gasteiger partial charge in [0, 0.05) is 12.6 Å². The molecule has 0 spiro atoms. The van der Waals surface area contributed by atoms with Gasteiger partial charge in [0.05, 0.1) is 5.92 Å². The van der Waals surface area contributed by atoms with Crippen LogP contribution >= 0.6 is 0 Å². The predicted octanol–water partition coefficient (Wildman–Crippen LogP) is 1.19. The lowest BCUT2D eigenvalue weighted by molar-refractivity contribution is -0.142. The molecular formula is C11H20N2O3. The SMILES string of the molecule is CC(C)C(CNC(=O)NC1CCC1)C(=O)O. The van der Waals surface area contributed by atoms with Crippen molar-refractivity contribution >= 4 is 12.0 Å². The number of carbonyl (C=O) groups is 2. The Balaban J connectivity index is 2.25. The molecule has 1 aliphatic carbocycles. The van der Waals surface area contributed by atoms with Crippen molar-refractivity contribution in [2.75, 3.05) is 6.54 Å². The standard InChI is InChI=1S/C11H20N2O3/c1-7(2)9(10(14)15)6-12-11(16)13-8-4-3-5-8/h7-9H,3-6H2,1-2H3,(H,14,15)(H2,12,13,16). The van der Waals surface area contributed by atoms with Crippen LogP contribution in [-0.4, -0.2) is 29.7 Å². The second kappa shape index (κ2) is 5.72. The van der Waals surface area contributed by atoms with Gasteiger partial charge in [0.2, 0.25) is 0 Å². The lowest BCUT2D eigenvalue weighted by atomic mass is 9.93. The first-order chi connectivity index (χ1) is 7.50. The Morgan fingerprint density at radius 1 is 1.38 bits per heavy atom. The largest absolute Gasteiger partial charge is 0.481 e. The summed E-state index contributed by atoms with van der Waals surface area (Å²) in [6, 6.07) is 0.0268. The Kier molecular flexibility index (Phi) is 4.58. The lowest BCUT2D eigenvalue weighted by Gasteiger charge is -2.27. The number of carboxylic acid groups (broad SMARTS) is 1. The topological polar surface area (TPSA) is 78.4 Å². The van der Waals surface area contributed by atoms with Crippen molar-refractivity contribution in [3.05, 3.63) is 0 Å². The zero-order valence-electron chi connectivity index (χ0n) is 9.82. The first-order valence-corrected chi connectivity index (χ1v) is 5.78. The minimum atomic E-state index is -0.862. The van der Waals surface area contributed by atoms with Crippen molar-refractivity contribution in [2.45, 2.75) is 39.2 Å². The zero-order chi connectivity index (χ0) is 12.1. The van der Waals surface area contributed by atoms with E-state index in [0.717, 1.165) is 19.3 Å². The number of urea groups is 1. The van der Waals surface area contributed by atoms with Crippen LogP contribution in [0.4, 0.5) is 4.79 Å². The van der Waals surface area contributed by atoms with Gasteiger partial charge in [-0.3, -0.25) is 4.79 Å². The second-order valence-electron chi connectivity index (χ2n) is 4.67. The third-order valence-corrected chi connectivity index (χ3v) is 3.04. The number of nitrogens with one attached hydrogen (secondary N) is 2. The van der Waals surface area contributed by atoms with Gasteiger partial charge in [0.15, 0.2) is 0 Å². The van der Waals surface area contributed by atoms with Crippen molar-refractivity contribution in [1.82, 2.24) is 10.6 Å². The number of aliphatic carboxylic acids is 1. The maximum absolute atomic E-state index is 11.4. The lowest BCUT2D eigenvalue weighted by Crippen LogP contribution is -2.47. The summed E-state index contributed by atoms with van der Waals surface area (Å²) in [6.45, 7) is 3.86. The molecule has 0 aromatic carbocycles. The molecule has 5 heteroatoms. The molecule has 1 saturated carbocycles. The molecule has 1 aliphatic rings. The summed E-state index contributed by atoms with van der Waals surface area (Å²) in [5, 5.41) is 14.3. The minimum Gasteiger partial charge on any atom is -0.481 e. The Morgan fingerprint density at radius 3 is 2.38 bits per heavy atom. The molecular weight excluding hydrogens is 208 g/mol. The van der Waals surface area contributed by atoms with Crippen LogP contribution in [0.25, 0.3) is 0 Å². The molecule has 1 unspecified atom stereocenters. The van der Waals surface area contributed by atoms with Gasteiger partial charge in [-0.15, -0.1) is 0 Å². The van der Waals surface area contributed by atoms with E-state index in [1.807, 2.05) is 13.8 Å². The van der Waals surface area contributed by atoms with E-state index in [1.54, 1.807) is 0 Å². The van der Waals surface area contributed by atoms with E-state index in [2.05, 4.69) is 10.6 Å². The minimum absolute atomic E-state index is 0.0153. The van der Waals surface area contributed by atoms with E-state index in [4.69, 9.17) is 5.11 Å². The molecule has 16 heavy (non-hydrogen) atoms. The summed E-state index contributed by atoms with van der Waals surface area (Å²) in [5.41, 5.74) is 0. The third kappa shape index (κ3) is 3.72. The summed E-state index contributed by atoms with van der Waals surface area (Å²) in [5.74, 6) is -1.37. The Bertz CT molecular complexity index is 262. The first kappa shape index (κ1) is 12.8. The van der Waals surface area contributed by atoms with Gasteiger partial charge in [-0.25, -0.2) is 4.79 Å². The van der Waals surface area contributed by atoms with Crippen LogP contribution in [0, 0.1) is 11.8 Å². The third-order valence-electron chi connectivity index (χ3n) is 3.04. The Hall–Kier alpha value is -1.26. The van der Waals surface area contributed by atoms with Crippen molar-refractivity contribution in [1.29, 1.82) is 0 Å². The average molecular weight is 228 g/mol. The molecule has 5 nitrogen and oxygen atoms in total. The van der Waals surface area contributed by atoms with Gasteiger partial charge < -0.3 is 15.7 Å². The number of rotatable bonds is 5. The van der Waals surface area contributed by atoms with Crippen LogP contribution in [0.5, 0.6) is 0 Å². The molecule has 0 bridgehead atoms. The molecule has 3 N–H and O–H groups in total. The number of carbonyl (C=O) groups excluding carboxylic acids is 1. The maximum Gasteiger partial charge on any atom is 0.315 e. The van der Waals surface area contributed by atoms with Crippen LogP contribution < -0.4 is 10.6 Å². The van der Waals surface area contributed by atoms with Crippen LogP contribution in [-0.2, 0) is 4.79 Å². The molecule has 0 saturated heterocycles. The number of carboxylic acids is 1. The van der Waals surface area contributed by atoms with Crippen LogP contribution in [0.15, 0.2) is 0 Å². The summed E-state index contributed by atoms with van der Waals surface area (Å²) < 4.78 is 0. The van der Waals surface area contributed by atoms with Gasteiger partial charge >= 0.3 is 12.0 Å². The quantitative estimate of drug-likeness (QED) is 0.661. The Labute approximate surface area is 95.6 Å². The van der Waals surface area contributed by atoms with E-state index in [-0.39, 0.29) is 24.5 Å². The van der Waals surface area contributed by atoms with Crippen molar-refractivity contribution in [3.63, 3.8) is 0 Å². The number of amides is 2. The Morgan fingerprint density at radius 2 is 2.00 bits per heavy atom. The van der Waals surface area contributed by atoms with E-state index in [0.29, 0.717) is 0 Å².